The van der Waals surface area contributed by atoms with Crippen molar-refractivity contribution in [1.82, 2.24) is 4.98 Å². The Balaban J connectivity index is 1.23. The number of hydrogen-bond donors (Lipinski definition) is 0. The zero-order chi connectivity index (χ0) is 29.1. The molecular formula is C34H36N2O5. The van der Waals surface area contributed by atoms with Crippen molar-refractivity contribution in [2.75, 3.05) is 18.6 Å². The number of β-lactam (4-membered cyclic amide) rings is 1. The number of hydrogen-bond acceptors (Lipinski definition) is 6. The van der Waals surface area contributed by atoms with E-state index >= 15 is 0 Å². The first kappa shape index (κ1) is 28.1. The van der Waals surface area contributed by atoms with Gasteiger partial charge in [0.15, 0.2) is 0 Å². The lowest BCUT2D eigenvalue weighted by molar-refractivity contribution is -0.152. The first-order chi connectivity index (χ1) is 19.7. The van der Waals surface area contributed by atoms with E-state index in [0.29, 0.717) is 36.8 Å². The summed E-state index contributed by atoms with van der Waals surface area (Å²) in [5.74, 6) is 1.06. The number of amides is 1. The van der Waals surface area contributed by atoms with E-state index in [0.717, 1.165) is 28.1 Å². The summed E-state index contributed by atoms with van der Waals surface area (Å²) in [5, 5.41) is 0. The van der Waals surface area contributed by atoms with Gasteiger partial charge in [-0.3, -0.25) is 9.69 Å². The molecule has 0 bridgehead atoms. The third kappa shape index (κ3) is 6.04. The van der Waals surface area contributed by atoms with Crippen molar-refractivity contribution in [2.45, 2.75) is 52.0 Å². The van der Waals surface area contributed by atoms with Crippen LogP contribution in [-0.4, -0.2) is 36.6 Å². The van der Waals surface area contributed by atoms with Crippen LogP contribution in [-0.2, 0) is 32.6 Å². The van der Waals surface area contributed by atoms with Gasteiger partial charge in [-0.2, -0.15) is 0 Å². The van der Waals surface area contributed by atoms with Crippen LogP contribution in [0.5, 0.6) is 5.75 Å². The second-order valence-corrected chi connectivity index (χ2v) is 11.4. The highest BCUT2D eigenvalue weighted by Gasteiger charge is 2.52. The van der Waals surface area contributed by atoms with E-state index in [1.54, 1.807) is 4.90 Å². The normalized spacial score (nSPS) is 16.8. The molecule has 0 spiro atoms. The molecule has 1 fully saturated rings. The van der Waals surface area contributed by atoms with Gasteiger partial charge < -0.3 is 13.9 Å². The molecule has 4 aromatic rings. The van der Waals surface area contributed by atoms with Gasteiger partial charge in [0.25, 0.3) is 0 Å². The van der Waals surface area contributed by atoms with E-state index in [-0.39, 0.29) is 11.3 Å². The van der Waals surface area contributed by atoms with Gasteiger partial charge in [0.1, 0.15) is 17.6 Å². The number of nitrogens with zero attached hydrogens (tertiary/aromatic N) is 2. The van der Waals surface area contributed by atoms with Crippen LogP contribution in [0.4, 0.5) is 5.69 Å². The highest BCUT2D eigenvalue weighted by atomic mass is 16.5. The van der Waals surface area contributed by atoms with Crippen molar-refractivity contribution in [3.63, 3.8) is 0 Å². The Bertz CT molecular complexity index is 1520. The van der Waals surface area contributed by atoms with Crippen molar-refractivity contribution < 1.29 is 23.5 Å². The molecule has 2 atom stereocenters. The average molecular weight is 553 g/mol. The number of rotatable bonds is 9. The summed E-state index contributed by atoms with van der Waals surface area (Å²) in [5.41, 5.74) is 4.57. The van der Waals surface area contributed by atoms with Gasteiger partial charge in [-0.15, -0.1) is 0 Å². The quantitative estimate of drug-likeness (QED) is 0.179. The molecule has 1 amide bonds. The van der Waals surface area contributed by atoms with Crippen LogP contribution in [0.1, 0.15) is 43.4 Å². The molecule has 1 aromatic heterocycles. The van der Waals surface area contributed by atoms with Crippen LogP contribution >= 0.6 is 0 Å². The fourth-order valence-electron chi connectivity index (χ4n) is 5.19. The predicted molar refractivity (Wildman–Crippen MR) is 158 cm³/mol. The fraction of sp³-hybridized carbons (Fsp3) is 0.324. The standard InChI is InChI=1S/C34H36N2O5/c1-22-29(35-31(41-22)24-11-7-6-8-12-24)18-19-40-27-13-9-10-23(20-27)21-28-30(33(38)39-5)36(32(28)37)26-16-14-25(15-17-26)34(2,3)4/h6-17,20,28,30H,18-19,21H2,1-5H3/t28-,30-/m0/s1. The Labute approximate surface area is 241 Å². The number of esters is 1. The number of ether oxygens (including phenoxy) is 2. The van der Waals surface area contributed by atoms with Crippen molar-refractivity contribution >= 4 is 17.6 Å². The average Bonchev–Trinajstić information content (AvgIpc) is 3.34. The van der Waals surface area contributed by atoms with Gasteiger partial charge >= 0.3 is 5.97 Å². The minimum atomic E-state index is -0.675. The Morgan fingerprint density at radius 3 is 2.41 bits per heavy atom. The van der Waals surface area contributed by atoms with E-state index < -0.39 is 17.9 Å². The number of anilines is 1. The number of carbonyl (C=O) groups is 2. The Morgan fingerprint density at radius 2 is 1.73 bits per heavy atom. The Hall–Kier alpha value is -4.39. The Morgan fingerprint density at radius 1 is 1.00 bits per heavy atom. The largest absolute Gasteiger partial charge is 0.493 e. The third-order valence-corrected chi connectivity index (χ3v) is 7.54. The van der Waals surface area contributed by atoms with Gasteiger partial charge in [-0.05, 0) is 66.3 Å². The lowest BCUT2D eigenvalue weighted by Gasteiger charge is -2.45. The molecule has 0 aliphatic carbocycles. The first-order valence-electron chi connectivity index (χ1n) is 13.9. The molecule has 0 N–H and O–H groups in total. The lowest BCUT2D eigenvalue weighted by atomic mass is 9.81. The van der Waals surface area contributed by atoms with Gasteiger partial charge in [0.05, 0.1) is 25.3 Å². The van der Waals surface area contributed by atoms with Crippen molar-refractivity contribution in [3.05, 3.63) is 101 Å². The molecule has 7 nitrogen and oxygen atoms in total. The maximum Gasteiger partial charge on any atom is 0.329 e. The summed E-state index contributed by atoms with van der Waals surface area (Å²) in [6, 6.07) is 24.6. The summed E-state index contributed by atoms with van der Waals surface area (Å²) in [6.45, 7) is 8.75. The molecule has 0 saturated carbocycles. The molecule has 5 rings (SSSR count). The monoisotopic (exact) mass is 552 g/mol. The maximum atomic E-state index is 13.3. The van der Waals surface area contributed by atoms with Crippen molar-refractivity contribution in [3.8, 4) is 17.2 Å². The molecule has 1 aliphatic rings. The van der Waals surface area contributed by atoms with Crippen LogP contribution in [0.25, 0.3) is 11.5 Å². The molecule has 3 aromatic carbocycles. The molecule has 212 valence electrons. The zero-order valence-electron chi connectivity index (χ0n) is 24.2. The zero-order valence-corrected chi connectivity index (χ0v) is 24.2. The smallest absolute Gasteiger partial charge is 0.329 e. The summed E-state index contributed by atoms with van der Waals surface area (Å²) in [4.78, 5) is 32.3. The predicted octanol–water partition coefficient (Wildman–Crippen LogP) is 6.32. The van der Waals surface area contributed by atoms with E-state index in [4.69, 9.17) is 13.9 Å². The van der Waals surface area contributed by atoms with E-state index in [1.807, 2.05) is 85.8 Å². The second kappa shape index (κ2) is 11.6. The number of oxazole rings is 1. The van der Waals surface area contributed by atoms with E-state index in [9.17, 15) is 9.59 Å². The van der Waals surface area contributed by atoms with E-state index in [2.05, 4.69) is 25.8 Å². The number of aryl methyl sites for hydroxylation is 1. The Kier molecular flexibility index (Phi) is 7.97. The van der Waals surface area contributed by atoms with Gasteiger partial charge in [-0.25, -0.2) is 9.78 Å². The van der Waals surface area contributed by atoms with Crippen molar-refractivity contribution in [2.24, 2.45) is 5.92 Å². The number of methoxy groups -OCH3 is 1. The summed E-state index contributed by atoms with van der Waals surface area (Å²) < 4.78 is 17.0. The van der Waals surface area contributed by atoms with Crippen LogP contribution in [0, 0.1) is 12.8 Å². The summed E-state index contributed by atoms with van der Waals surface area (Å²) >= 11 is 0. The fourth-order valence-corrected chi connectivity index (χ4v) is 5.19. The second-order valence-electron chi connectivity index (χ2n) is 11.4. The van der Waals surface area contributed by atoms with E-state index in [1.165, 1.54) is 7.11 Å². The molecule has 7 heteroatoms. The van der Waals surface area contributed by atoms with Crippen LogP contribution < -0.4 is 9.64 Å². The number of carbonyl (C=O) groups excluding carboxylic acids is 2. The number of aromatic nitrogens is 1. The molecular weight excluding hydrogens is 516 g/mol. The minimum Gasteiger partial charge on any atom is -0.493 e. The molecule has 2 heterocycles. The van der Waals surface area contributed by atoms with Crippen LogP contribution in [0.2, 0.25) is 0 Å². The topological polar surface area (TPSA) is 81.9 Å². The lowest BCUT2D eigenvalue weighted by Crippen LogP contribution is -2.65. The highest BCUT2D eigenvalue weighted by Crippen LogP contribution is 2.37. The molecule has 41 heavy (non-hydrogen) atoms. The SMILES string of the molecule is COC(=O)[C@@H]1[C@H](Cc2cccc(OCCc3nc(-c4ccccc4)oc3C)c2)C(=O)N1c1ccc(C(C)(C)C)cc1. The number of benzene rings is 3. The first-order valence-corrected chi connectivity index (χ1v) is 13.9. The van der Waals surface area contributed by atoms with Crippen molar-refractivity contribution in [1.29, 1.82) is 0 Å². The summed E-state index contributed by atoms with van der Waals surface area (Å²) in [7, 11) is 1.36. The molecule has 0 unspecified atom stereocenters. The third-order valence-electron chi connectivity index (χ3n) is 7.54. The summed E-state index contributed by atoms with van der Waals surface area (Å²) in [6.07, 6.45) is 1.01. The molecule has 1 saturated heterocycles. The van der Waals surface area contributed by atoms with Gasteiger partial charge in [0.2, 0.25) is 11.8 Å². The molecule has 1 aliphatic heterocycles. The van der Waals surface area contributed by atoms with Crippen LogP contribution in [0.15, 0.2) is 83.3 Å². The minimum absolute atomic E-state index is 0.00612. The van der Waals surface area contributed by atoms with Gasteiger partial charge in [-0.1, -0.05) is 63.2 Å². The maximum absolute atomic E-state index is 13.3. The van der Waals surface area contributed by atoms with Crippen LogP contribution in [0.3, 0.4) is 0 Å². The highest BCUT2D eigenvalue weighted by molar-refractivity contribution is 6.10. The van der Waals surface area contributed by atoms with Gasteiger partial charge in [0, 0.05) is 17.7 Å². The molecule has 0 radical (unpaired) electrons.